The van der Waals surface area contributed by atoms with E-state index in [1.165, 1.54) is 0 Å². The van der Waals surface area contributed by atoms with Gasteiger partial charge in [-0.2, -0.15) is 0 Å². The summed E-state index contributed by atoms with van der Waals surface area (Å²) in [5, 5.41) is 2.92. The maximum absolute atomic E-state index is 11.8. The van der Waals surface area contributed by atoms with Gasteiger partial charge in [-0.15, -0.1) is 0 Å². The van der Waals surface area contributed by atoms with Gasteiger partial charge in [0.1, 0.15) is 0 Å². The fourth-order valence-electron chi connectivity index (χ4n) is 2.39. The first kappa shape index (κ1) is 10.4. The van der Waals surface area contributed by atoms with Crippen molar-refractivity contribution in [2.45, 2.75) is 38.5 Å². The van der Waals surface area contributed by atoms with Crippen LogP contribution < -0.4 is 5.32 Å². The first-order chi connectivity index (χ1) is 7.27. The maximum atomic E-state index is 11.8. The van der Waals surface area contributed by atoms with Crippen molar-refractivity contribution in [3.05, 3.63) is 11.6 Å². The van der Waals surface area contributed by atoms with Crippen LogP contribution in [-0.2, 0) is 9.59 Å². The molecule has 0 aromatic rings. The van der Waals surface area contributed by atoms with Gasteiger partial charge >= 0.3 is 0 Å². The number of rotatable bonds is 1. The summed E-state index contributed by atoms with van der Waals surface area (Å²) >= 11 is 0. The molecule has 2 aliphatic rings. The molecule has 1 heterocycles. The molecule has 1 aliphatic heterocycles. The van der Waals surface area contributed by atoms with Gasteiger partial charge in [-0.25, -0.2) is 0 Å². The SMILES string of the molecule is O=C1C=C(C2CCCCNC2=O)CCC1. The number of allylic oxidation sites excluding steroid dienone is 1. The summed E-state index contributed by atoms with van der Waals surface area (Å²) in [4.78, 5) is 23.1. The summed E-state index contributed by atoms with van der Waals surface area (Å²) in [6, 6.07) is 0. The van der Waals surface area contributed by atoms with E-state index in [2.05, 4.69) is 5.32 Å². The van der Waals surface area contributed by atoms with Gasteiger partial charge in [0.2, 0.25) is 5.91 Å². The Hall–Kier alpha value is -1.12. The summed E-state index contributed by atoms with van der Waals surface area (Å²) in [5.74, 6) is 0.276. The molecule has 1 fully saturated rings. The van der Waals surface area contributed by atoms with Crippen LogP contribution in [0.4, 0.5) is 0 Å². The lowest BCUT2D eigenvalue weighted by atomic mass is 9.85. The number of hydrogen-bond donors (Lipinski definition) is 1. The molecular weight excluding hydrogens is 190 g/mol. The van der Waals surface area contributed by atoms with Gasteiger partial charge in [0, 0.05) is 13.0 Å². The standard InChI is InChI=1S/C12H17NO2/c14-10-5-3-4-9(8-10)11-6-1-2-7-13-12(11)15/h8,11H,1-7H2,(H,13,15). The second-order valence-corrected chi connectivity index (χ2v) is 4.38. The van der Waals surface area contributed by atoms with Crippen LogP contribution in [0, 0.1) is 5.92 Å². The molecule has 0 spiro atoms. The maximum Gasteiger partial charge on any atom is 0.227 e. The van der Waals surface area contributed by atoms with Crippen molar-refractivity contribution in [2.24, 2.45) is 5.92 Å². The van der Waals surface area contributed by atoms with E-state index in [-0.39, 0.29) is 17.6 Å². The van der Waals surface area contributed by atoms with Crippen molar-refractivity contribution in [3.8, 4) is 0 Å². The lowest BCUT2D eigenvalue weighted by Crippen LogP contribution is -2.30. The highest BCUT2D eigenvalue weighted by Gasteiger charge is 2.26. The molecule has 0 saturated carbocycles. The number of ketones is 1. The third-order valence-corrected chi connectivity index (χ3v) is 3.22. The summed E-state index contributed by atoms with van der Waals surface area (Å²) in [5.41, 5.74) is 1.06. The Labute approximate surface area is 89.9 Å². The van der Waals surface area contributed by atoms with E-state index in [9.17, 15) is 9.59 Å². The minimum atomic E-state index is -0.0308. The molecule has 0 bridgehead atoms. The van der Waals surface area contributed by atoms with E-state index < -0.39 is 0 Å². The van der Waals surface area contributed by atoms with Crippen molar-refractivity contribution >= 4 is 11.7 Å². The summed E-state index contributed by atoms with van der Waals surface area (Å²) in [7, 11) is 0. The summed E-state index contributed by atoms with van der Waals surface area (Å²) in [6.07, 6.45) is 7.23. The normalized spacial score (nSPS) is 28.0. The van der Waals surface area contributed by atoms with Crippen LogP contribution in [0.5, 0.6) is 0 Å². The molecule has 3 heteroatoms. The van der Waals surface area contributed by atoms with Crippen LogP contribution in [0.15, 0.2) is 11.6 Å². The molecule has 2 rings (SSSR count). The molecule has 1 saturated heterocycles. The van der Waals surface area contributed by atoms with Gasteiger partial charge in [0.25, 0.3) is 0 Å². The van der Waals surface area contributed by atoms with Crippen molar-refractivity contribution < 1.29 is 9.59 Å². The molecule has 1 aliphatic carbocycles. The smallest absolute Gasteiger partial charge is 0.227 e. The van der Waals surface area contributed by atoms with Crippen LogP contribution >= 0.6 is 0 Å². The lowest BCUT2D eigenvalue weighted by molar-refractivity contribution is -0.123. The zero-order chi connectivity index (χ0) is 10.7. The van der Waals surface area contributed by atoms with E-state index in [1.54, 1.807) is 6.08 Å². The van der Waals surface area contributed by atoms with E-state index in [4.69, 9.17) is 0 Å². The predicted octanol–water partition coefficient (Wildman–Crippen LogP) is 1.58. The molecule has 0 aromatic heterocycles. The molecule has 82 valence electrons. The number of carbonyl (C=O) groups is 2. The quantitative estimate of drug-likeness (QED) is 0.709. The van der Waals surface area contributed by atoms with Crippen molar-refractivity contribution in [1.29, 1.82) is 0 Å². The molecule has 1 N–H and O–H groups in total. The van der Waals surface area contributed by atoms with E-state index in [0.29, 0.717) is 6.42 Å². The molecule has 1 unspecified atom stereocenters. The average Bonchev–Trinajstić information content (AvgIpc) is 2.43. The average molecular weight is 207 g/mol. The van der Waals surface area contributed by atoms with Gasteiger partial charge in [-0.1, -0.05) is 12.0 Å². The number of hydrogen-bond acceptors (Lipinski definition) is 2. The Morgan fingerprint density at radius 3 is 2.80 bits per heavy atom. The Morgan fingerprint density at radius 2 is 2.00 bits per heavy atom. The fraction of sp³-hybridized carbons (Fsp3) is 0.667. The van der Waals surface area contributed by atoms with Gasteiger partial charge < -0.3 is 5.32 Å². The molecule has 0 radical (unpaired) electrons. The van der Waals surface area contributed by atoms with Crippen LogP contribution in [-0.4, -0.2) is 18.2 Å². The van der Waals surface area contributed by atoms with E-state index >= 15 is 0 Å². The zero-order valence-corrected chi connectivity index (χ0v) is 8.92. The molecule has 15 heavy (non-hydrogen) atoms. The number of carbonyl (C=O) groups excluding carboxylic acids is 2. The van der Waals surface area contributed by atoms with Crippen molar-refractivity contribution in [1.82, 2.24) is 5.32 Å². The molecule has 1 atom stereocenters. The zero-order valence-electron chi connectivity index (χ0n) is 8.92. The lowest BCUT2D eigenvalue weighted by Gasteiger charge is -2.19. The third-order valence-electron chi connectivity index (χ3n) is 3.22. The second kappa shape index (κ2) is 4.60. The highest BCUT2D eigenvalue weighted by molar-refractivity contribution is 5.93. The Morgan fingerprint density at radius 1 is 1.13 bits per heavy atom. The first-order valence-electron chi connectivity index (χ1n) is 5.78. The van der Waals surface area contributed by atoms with Gasteiger partial charge in [-0.3, -0.25) is 9.59 Å². The Kier molecular flexibility index (Phi) is 3.19. The second-order valence-electron chi connectivity index (χ2n) is 4.38. The minimum absolute atomic E-state index is 0.0308. The minimum Gasteiger partial charge on any atom is -0.356 e. The highest BCUT2D eigenvalue weighted by atomic mass is 16.2. The number of amides is 1. The van der Waals surface area contributed by atoms with Gasteiger partial charge in [0.05, 0.1) is 5.92 Å². The molecule has 3 nitrogen and oxygen atoms in total. The third kappa shape index (κ3) is 2.46. The Bertz CT molecular complexity index is 307. The number of nitrogens with one attached hydrogen (secondary N) is 1. The van der Waals surface area contributed by atoms with Crippen molar-refractivity contribution in [2.75, 3.05) is 6.54 Å². The van der Waals surface area contributed by atoms with Gasteiger partial charge in [-0.05, 0) is 31.8 Å². The predicted molar refractivity (Wildman–Crippen MR) is 57.3 cm³/mol. The molecule has 1 amide bonds. The van der Waals surface area contributed by atoms with E-state index in [1.807, 2.05) is 0 Å². The molecular formula is C12H17NO2. The van der Waals surface area contributed by atoms with Crippen molar-refractivity contribution in [3.63, 3.8) is 0 Å². The van der Waals surface area contributed by atoms with Crippen LogP contribution in [0.25, 0.3) is 0 Å². The summed E-state index contributed by atoms with van der Waals surface area (Å²) in [6.45, 7) is 0.788. The largest absolute Gasteiger partial charge is 0.356 e. The monoisotopic (exact) mass is 207 g/mol. The van der Waals surface area contributed by atoms with Crippen LogP contribution in [0.1, 0.15) is 38.5 Å². The Balaban J connectivity index is 2.13. The summed E-state index contributed by atoms with van der Waals surface area (Å²) < 4.78 is 0. The van der Waals surface area contributed by atoms with Gasteiger partial charge in [0.15, 0.2) is 5.78 Å². The van der Waals surface area contributed by atoms with Crippen LogP contribution in [0.2, 0.25) is 0 Å². The fourth-order valence-corrected chi connectivity index (χ4v) is 2.39. The van der Waals surface area contributed by atoms with E-state index in [0.717, 1.165) is 44.2 Å². The highest BCUT2D eigenvalue weighted by Crippen LogP contribution is 2.27. The molecule has 0 aromatic carbocycles. The van der Waals surface area contributed by atoms with Crippen LogP contribution in [0.3, 0.4) is 0 Å². The topological polar surface area (TPSA) is 46.2 Å². The first-order valence-corrected chi connectivity index (χ1v) is 5.78.